The number of aliphatic hydroxyl groups excluding tert-OH is 1. The molecule has 0 saturated heterocycles. The largest absolute Gasteiger partial charge is 0.396 e. The molecule has 1 aromatic carbocycles. The van der Waals surface area contributed by atoms with E-state index in [1.807, 2.05) is 0 Å². The Morgan fingerprint density at radius 3 is 3.00 bits per heavy atom. The maximum atomic E-state index is 9.23. The minimum absolute atomic E-state index is 0.220. The van der Waals surface area contributed by atoms with E-state index in [2.05, 4.69) is 47.1 Å². The Hall–Kier alpha value is -0.600. The summed E-state index contributed by atoms with van der Waals surface area (Å²) in [7, 11) is 0. The van der Waals surface area contributed by atoms with Crippen LogP contribution in [0, 0.1) is 5.92 Å². The Kier molecular flexibility index (Phi) is 3.27. The van der Waals surface area contributed by atoms with E-state index in [4.69, 9.17) is 0 Å². The van der Waals surface area contributed by atoms with E-state index in [9.17, 15) is 5.11 Å². The van der Waals surface area contributed by atoms with Crippen LogP contribution < -0.4 is 0 Å². The Morgan fingerprint density at radius 2 is 2.27 bits per heavy atom. The molecule has 0 fully saturated rings. The van der Waals surface area contributed by atoms with Crippen LogP contribution in [0.3, 0.4) is 0 Å². The molecular formula is C13H15BrO. The van der Waals surface area contributed by atoms with Crippen LogP contribution in [0.4, 0.5) is 0 Å². The Morgan fingerprint density at radius 1 is 1.47 bits per heavy atom. The molecule has 1 atom stereocenters. The van der Waals surface area contributed by atoms with Crippen molar-refractivity contribution >= 4 is 21.5 Å². The van der Waals surface area contributed by atoms with E-state index in [1.165, 1.54) is 21.2 Å². The smallest absolute Gasteiger partial charge is 0.0497 e. The molecule has 1 N–H and O–H groups in total. The van der Waals surface area contributed by atoms with Crippen molar-refractivity contribution in [2.45, 2.75) is 19.8 Å². The second kappa shape index (κ2) is 4.50. The van der Waals surface area contributed by atoms with Crippen molar-refractivity contribution in [1.82, 2.24) is 0 Å². The van der Waals surface area contributed by atoms with Gasteiger partial charge in [0.2, 0.25) is 0 Å². The molecule has 0 saturated carbocycles. The average molecular weight is 267 g/mol. The number of allylic oxidation sites excluding steroid dienone is 1. The molecule has 0 aromatic heterocycles. The third kappa shape index (κ3) is 2.01. The first-order valence-corrected chi connectivity index (χ1v) is 6.12. The highest BCUT2D eigenvalue weighted by Gasteiger charge is 2.18. The van der Waals surface area contributed by atoms with Gasteiger partial charge in [0.1, 0.15) is 0 Å². The van der Waals surface area contributed by atoms with Gasteiger partial charge in [0.05, 0.1) is 0 Å². The highest BCUT2D eigenvalue weighted by atomic mass is 79.9. The fourth-order valence-corrected chi connectivity index (χ4v) is 2.69. The number of hydrogen-bond donors (Lipinski definition) is 1. The lowest BCUT2D eigenvalue weighted by molar-refractivity contribution is 0.266. The SMILES string of the molecule is CC(CO)C1=CCCc2c(Br)cccc21. The standard InChI is InChI=1S/C13H15BrO/c1-9(8-15)10-4-2-6-12-11(10)5-3-7-13(12)14/h3-5,7,9,15H,2,6,8H2,1H3. The topological polar surface area (TPSA) is 20.2 Å². The first-order valence-electron chi connectivity index (χ1n) is 5.32. The summed E-state index contributed by atoms with van der Waals surface area (Å²) in [4.78, 5) is 0. The van der Waals surface area contributed by atoms with Crippen LogP contribution >= 0.6 is 15.9 Å². The lowest BCUT2D eigenvalue weighted by atomic mass is 9.85. The van der Waals surface area contributed by atoms with Crippen LogP contribution in [0.25, 0.3) is 5.57 Å². The molecule has 1 nitrogen and oxygen atoms in total. The van der Waals surface area contributed by atoms with Gasteiger partial charge >= 0.3 is 0 Å². The zero-order valence-corrected chi connectivity index (χ0v) is 10.4. The van der Waals surface area contributed by atoms with Gasteiger partial charge in [-0.15, -0.1) is 0 Å². The zero-order chi connectivity index (χ0) is 10.8. The van der Waals surface area contributed by atoms with Crippen molar-refractivity contribution in [3.63, 3.8) is 0 Å². The van der Waals surface area contributed by atoms with E-state index < -0.39 is 0 Å². The van der Waals surface area contributed by atoms with Crippen molar-refractivity contribution in [3.8, 4) is 0 Å². The van der Waals surface area contributed by atoms with Gasteiger partial charge in [0.25, 0.3) is 0 Å². The maximum Gasteiger partial charge on any atom is 0.0497 e. The van der Waals surface area contributed by atoms with Crippen molar-refractivity contribution in [2.75, 3.05) is 6.61 Å². The van der Waals surface area contributed by atoms with Gasteiger partial charge in [-0.25, -0.2) is 0 Å². The van der Waals surface area contributed by atoms with Gasteiger partial charge in [0.15, 0.2) is 0 Å². The Labute approximate surface area is 99.0 Å². The van der Waals surface area contributed by atoms with Crippen LogP contribution in [-0.2, 0) is 6.42 Å². The third-order valence-electron chi connectivity index (χ3n) is 2.99. The molecule has 80 valence electrons. The summed E-state index contributed by atoms with van der Waals surface area (Å²) in [5.41, 5.74) is 3.98. The number of fused-ring (bicyclic) bond motifs is 1. The normalized spacial score (nSPS) is 16.9. The molecule has 0 radical (unpaired) electrons. The molecule has 2 heteroatoms. The predicted molar refractivity (Wildman–Crippen MR) is 66.7 cm³/mol. The number of benzene rings is 1. The van der Waals surface area contributed by atoms with Crippen LogP contribution in [-0.4, -0.2) is 11.7 Å². The van der Waals surface area contributed by atoms with E-state index in [0.29, 0.717) is 0 Å². The second-order valence-electron chi connectivity index (χ2n) is 4.05. The molecule has 0 bridgehead atoms. The molecule has 1 aliphatic rings. The Balaban J connectivity index is 2.47. The summed E-state index contributed by atoms with van der Waals surface area (Å²) in [6, 6.07) is 6.30. The summed E-state index contributed by atoms with van der Waals surface area (Å²) >= 11 is 3.59. The fraction of sp³-hybridized carbons (Fsp3) is 0.385. The van der Waals surface area contributed by atoms with Crippen LogP contribution in [0.15, 0.2) is 28.7 Å². The van der Waals surface area contributed by atoms with E-state index in [0.717, 1.165) is 12.8 Å². The lowest BCUT2D eigenvalue weighted by Gasteiger charge is -2.22. The van der Waals surface area contributed by atoms with Gasteiger partial charge < -0.3 is 5.11 Å². The van der Waals surface area contributed by atoms with E-state index in [-0.39, 0.29) is 12.5 Å². The van der Waals surface area contributed by atoms with Crippen molar-refractivity contribution in [1.29, 1.82) is 0 Å². The highest BCUT2D eigenvalue weighted by Crippen LogP contribution is 2.35. The molecule has 0 heterocycles. The van der Waals surface area contributed by atoms with Gasteiger partial charge in [-0.05, 0) is 35.6 Å². The average Bonchev–Trinajstić information content (AvgIpc) is 2.28. The third-order valence-corrected chi connectivity index (χ3v) is 3.74. The monoisotopic (exact) mass is 266 g/mol. The van der Waals surface area contributed by atoms with Gasteiger partial charge in [-0.2, -0.15) is 0 Å². The number of hydrogen-bond acceptors (Lipinski definition) is 1. The molecule has 1 unspecified atom stereocenters. The van der Waals surface area contributed by atoms with Crippen LogP contribution in [0.1, 0.15) is 24.5 Å². The van der Waals surface area contributed by atoms with Gasteiger partial charge in [-0.3, -0.25) is 0 Å². The van der Waals surface area contributed by atoms with E-state index >= 15 is 0 Å². The first kappa shape index (κ1) is 10.9. The quantitative estimate of drug-likeness (QED) is 0.870. The second-order valence-corrected chi connectivity index (χ2v) is 4.90. The minimum Gasteiger partial charge on any atom is -0.396 e. The van der Waals surface area contributed by atoms with Crippen molar-refractivity contribution in [3.05, 3.63) is 39.9 Å². The highest BCUT2D eigenvalue weighted by molar-refractivity contribution is 9.10. The van der Waals surface area contributed by atoms with Crippen LogP contribution in [0.5, 0.6) is 0 Å². The molecule has 0 spiro atoms. The summed E-state index contributed by atoms with van der Waals surface area (Å²) in [6.45, 7) is 2.29. The van der Waals surface area contributed by atoms with Gasteiger partial charge in [-0.1, -0.05) is 41.1 Å². The molecule has 0 aliphatic heterocycles. The Bertz CT molecular complexity index is 396. The van der Waals surface area contributed by atoms with Crippen LogP contribution in [0.2, 0.25) is 0 Å². The van der Waals surface area contributed by atoms with Crippen molar-refractivity contribution < 1.29 is 5.11 Å². The van der Waals surface area contributed by atoms with E-state index in [1.54, 1.807) is 0 Å². The first-order chi connectivity index (χ1) is 7.24. The number of halogens is 1. The zero-order valence-electron chi connectivity index (χ0n) is 8.83. The minimum atomic E-state index is 0.220. The molecule has 1 aromatic rings. The number of aliphatic hydroxyl groups is 1. The molecular weight excluding hydrogens is 252 g/mol. The molecule has 15 heavy (non-hydrogen) atoms. The summed E-state index contributed by atoms with van der Waals surface area (Å²) in [6.07, 6.45) is 4.43. The maximum absolute atomic E-state index is 9.23. The summed E-state index contributed by atoms with van der Waals surface area (Å²) in [5.74, 6) is 0.235. The molecule has 0 amide bonds. The lowest BCUT2D eigenvalue weighted by Crippen LogP contribution is -2.09. The summed E-state index contributed by atoms with van der Waals surface area (Å²) < 4.78 is 1.19. The van der Waals surface area contributed by atoms with Gasteiger partial charge in [0, 0.05) is 17.0 Å². The predicted octanol–water partition coefficient (Wildman–Crippen LogP) is 3.41. The molecule has 2 rings (SSSR count). The number of rotatable bonds is 2. The molecule has 1 aliphatic carbocycles. The summed E-state index contributed by atoms with van der Waals surface area (Å²) in [5, 5.41) is 9.23. The fourth-order valence-electron chi connectivity index (χ4n) is 2.13. The van der Waals surface area contributed by atoms with Crippen molar-refractivity contribution in [2.24, 2.45) is 5.92 Å².